The Morgan fingerprint density at radius 1 is 0.900 bits per heavy atom. The molecule has 0 aromatic rings. The number of hydrogen-bond acceptors (Lipinski definition) is 1. The van der Waals surface area contributed by atoms with Gasteiger partial charge < -0.3 is 0 Å². The van der Waals surface area contributed by atoms with E-state index in [1.807, 2.05) is 0 Å². The van der Waals surface area contributed by atoms with Gasteiger partial charge in [0, 0.05) is 11.8 Å². The summed E-state index contributed by atoms with van der Waals surface area (Å²) in [6, 6.07) is 0. The first-order valence-electron chi connectivity index (χ1n) is 4.41. The Morgan fingerprint density at radius 3 is 1.90 bits per heavy atom. The van der Waals surface area contributed by atoms with Crippen LogP contribution in [-0.4, -0.2) is 5.78 Å². The van der Waals surface area contributed by atoms with Crippen LogP contribution in [0.4, 0.5) is 0 Å². The monoisotopic (exact) mass is 138 g/mol. The third kappa shape index (κ3) is 0.882. The third-order valence-electron chi connectivity index (χ3n) is 3.02. The van der Waals surface area contributed by atoms with E-state index in [2.05, 4.69) is 0 Å². The second-order valence-electron chi connectivity index (χ2n) is 3.66. The molecule has 2 bridgehead atoms. The Bertz CT molecular complexity index is 135. The van der Waals surface area contributed by atoms with Gasteiger partial charge in [0.25, 0.3) is 0 Å². The highest BCUT2D eigenvalue weighted by Crippen LogP contribution is 2.37. The zero-order valence-electron chi connectivity index (χ0n) is 6.31. The van der Waals surface area contributed by atoms with Crippen molar-refractivity contribution in [1.82, 2.24) is 0 Å². The van der Waals surface area contributed by atoms with Crippen LogP contribution < -0.4 is 0 Å². The highest BCUT2D eigenvalue weighted by Gasteiger charge is 2.34. The highest BCUT2D eigenvalue weighted by molar-refractivity contribution is 5.85. The van der Waals surface area contributed by atoms with Crippen LogP contribution in [0.1, 0.15) is 38.5 Å². The second kappa shape index (κ2) is 2.37. The first kappa shape index (κ1) is 6.38. The Labute approximate surface area is 61.8 Å². The van der Waals surface area contributed by atoms with Crippen LogP contribution in [0.5, 0.6) is 0 Å². The van der Waals surface area contributed by atoms with E-state index < -0.39 is 0 Å². The number of Topliss-reactive ketones (excluding diaryl/α,β-unsaturated/α-hetero) is 1. The fourth-order valence-corrected chi connectivity index (χ4v) is 2.37. The van der Waals surface area contributed by atoms with Gasteiger partial charge in [-0.1, -0.05) is 12.8 Å². The molecule has 0 heterocycles. The topological polar surface area (TPSA) is 17.1 Å². The lowest BCUT2D eigenvalue weighted by Gasteiger charge is -2.03. The molecular formula is C9H14O. The zero-order chi connectivity index (χ0) is 6.97. The van der Waals surface area contributed by atoms with Gasteiger partial charge in [0.15, 0.2) is 0 Å². The molecule has 2 atom stereocenters. The summed E-state index contributed by atoms with van der Waals surface area (Å²) in [5, 5.41) is 0. The third-order valence-corrected chi connectivity index (χ3v) is 3.02. The fraction of sp³-hybridized carbons (Fsp3) is 0.889. The van der Waals surface area contributed by atoms with E-state index in [0.29, 0.717) is 17.6 Å². The molecule has 0 radical (unpaired) electrons. The van der Waals surface area contributed by atoms with E-state index in [1.54, 1.807) is 0 Å². The predicted octanol–water partition coefficient (Wildman–Crippen LogP) is 2.16. The lowest BCUT2D eigenvalue weighted by atomic mass is 10.0. The van der Waals surface area contributed by atoms with E-state index >= 15 is 0 Å². The molecule has 2 fully saturated rings. The lowest BCUT2D eigenvalue weighted by Crippen LogP contribution is -2.10. The van der Waals surface area contributed by atoms with E-state index in [4.69, 9.17) is 0 Å². The Morgan fingerprint density at radius 2 is 1.40 bits per heavy atom. The quantitative estimate of drug-likeness (QED) is 0.501. The molecule has 1 nitrogen and oxygen atoms in total. The molecule has 2 aliphatic carbocycles. The molecule has 2 unspecified atom stereocenters. The number of fused-ring (bicyclic) bond motifs is 2. The van der Waals surface area contributed by atoms with Gasteiger partial charge in [-0.3, -0.25) is 4.79 Å². The minimum atomic E-state index is 0.479. The molecular weight excluding hydrogens is 124 g/mol. The van der Waals surface area contributed by atoms with Crippen molar-refractivity contribution < 1.29 is 4.79 Å². The number of ketones is 1. The van der Waals surface area contributed by atoms with Crippen LogP contribution in [0.3, 0.4) is 0 Å². The number of carbonyl (C=O) groups is 1. The molecule has 0 N–H and O–H groups in total. The van der Waals surface area contributed by atoms with Crippen molar-refractivity contribution in [3.8, 4) is 0 Å². The molecule has 2 saturated carbocycles. The van der Waals surface area contributed by atoms with Crippen LogP contribution in [0.25, 0.3) is 0 Å². The summed E-state index contributed by atoms with van der Waals surface area (Å²) in [6.07, 6.45) is 7.37. The summed E-state index contributed by atoms with van der Waals surface area (Å²) < 4.78 is 0. The van der Waals surface area contributed by atoms with Crippen LogP contribution in [0.2, 0.25) is 0 Å². The number of carbonyl (C=O) groups excluding carboxylic acids is 1. The Balaban J connectivity index is 2.14. The molecule has 0 aromatic carbocycles. The Hall–Kier alpha value is -0.330. The smallest absolute Gasteiger partial charge is 0.139 e. The average Bonchev–Trinajstić information content (AvgIpc) is 2.06. The van der Waals surface area contributed by atoms with Crippen molar-refractivity contribution >= 4 is 5.78 Å². The van der Waals surface area contributed by atoms with Crippen molar-refractivity contribution in [2.45, 2.75) is 38.5 Å². The van der Waals surface area contributed by atoms with Gasteiger partial charge in [0.05, 0.1) is 0 Å². The molecule has 56 valence electrons. The summed E-state index contributed by atoms with van der Waals surface area (Å²) in [5.41, 5.74) is 0. The average molecular weight is 138 g/mol. The number of rotatable bonds is 0. The predicted molar refractivity (Wildman–Crippen MR) is 39.7 cm³/mol. The van der Waals surface area contributed by atoms with Crippen molar-refractivity contribution in [2.75, 3.05) is 0 Å². The molecule has 1 heteroatoms. The maximum Gasteiger partial charge on any atom is 0.139 e. The molecule has 0 amide bonds. The first-order chi connectivity index (χ1) is 4.88. The van der Waals surface area contributed by atoms with Gasteiger partial charge in [-0.2, -0.15) is 0 Å². The summed E-state index contributed by atoms with van der Waals surface area (Å²) in [4.78, 5) is 11.4. The van der Waals surface area contributed by atoms with Crippen LogP contribution >= 0.6 is 0 Å². The van der Waals surface area contributed by atoms with E-state index in [0.717, 1.165) is 0 Å². The van der Waals surface area contributed by atoms with Gasteiger partial charge in [-0.25, -0.2) is 0 Å². The van der Waals surface area contributed by atoms with Crippen molar-refractivity contribution in [3.05, 3.63) is 0 Å². The van der Waals surface area contributed by atoms with Crippen molar-refractivity contribution in [1.29, 1.82) is 0 Å². The van der Waals surface area contributed by atoms with E-state index in [1.165, 1.54) is 38.5 Å². The molecule has 2 aliphatic rings. The zero-order valence-corrected chi connectivity index (χ0v) is 6.31. The van der Waals surface area contributed by atoms with Crippen molar-refractivity contribution in [2.24, 2.45) is 11.8 Å². The van der Waals surface area contributed by atoms with E-state index in [9.17, 15) is 4.79 Å². The van der Waals surface area contributed by atoms with Crippen LogP contribution in [0.15, 0.2) is 0 Å². The van der Waals surface area contributed by atoms with Gasteiger partial charge in [0.1, 0.15) is 5.78 Å². The summed E-state index contributed by atoms with van der Waals surface area (Å²) >= 11 is 0. The standard InChI is InChI=1S/C9H14O/c10-9-7-3-1-2-4-8(9)6-5-7/h7-8H,1-6H2. The largest absolute Gasteiger partial charge is 0.299 e. The minimum absolute atomic E-state index is 0.479. The second-order valence-corrected chi connectivity index (χ2v) is 3.66. The number of hydrogen-bond donors (Lipinski definition) is 0. The van der Waals surface area contributed by atoms with Gasteiger partial charge in [-0.15, -0.1) is 0 Å². The summed E-state index contributed by atoms with van der Waals surface area (Å²) in [7, 11) is 0. The van der Waals surface area contributed by atoms with Gasteiger partial charge in [0.2, 0.25) is 0 Å². The maximum atomic E-state index is 11.4. The Kier molecular flexibility index (Phi) is 1.51. The summed E-state index contributed by atoms with van der Waals surface area (Å²) in [5.74, 6) is 1.55. The van der Waals surface area contributed by atoms with Gasteiger partial charge >= 0.3 is 0 Å². The molecule has 0 saturated heterocycles. The molecule has 2 rings (SSSR count). The minimum Gasteiger partial charge on any atom is -0.299 e. The highest BCUT2D eigenvalue weighted by atomic mass is 16.1. The lowest BCUT2D eigenvalue weighted by molar-refractivity contribution is -0.123. The molecule has 0 aliphatic heterocycles. The van der Waals surface area contributed by atoms with Crippen LogP contribution in [-0.2, 0) is 4.79 Å². The normalized spacial score (nSPS) is 39.8. The van der Waals surface area contributed by atoms with Crippen LogP contribution in [0, 0.1) is 11.8 Å². The molecule has 10 heavy (non-hydrogen) atoms. The SMILES string of the molecule is O=C1C2CCCCC1CC2. The fourth-order valence-electron chi connectivity index (χ4n) is 2.37. The molecule has 0 aromatic heterocycles. The van der Waals surface area contributed by atoms with E-state index in [-0.39, 0.29) is 0 Å². The summed E-state index contributed by atoms with van der Waals surface area (Å²) in [6.45, 7) is 0. The first-order valence-corrected chi connectivity index (χ1v) is 4.41. The maximum absolute atomic E-state index is 11.4. The molecule has 0 spiro atoms. The van der Waals surface area contributed by atoms with Gasteiger partial charge in [-0.05, 0) is 25.7 Å². The van der Waals surface area contributed by atoms with Crippen molar-refractivity contribution in [3.63, 3.8) is 0 Å².